The molecule has 0 saturated carbocycles. The van der Waals surface area contributed by atoms with Gasteiger partial charge in [0.05, 0.1) is 6.04 Å². The summed E-state index contributed by atoms with van der Waals surface area (Å²) in [7, 11) is 2.04. The molecular weight excluding hydrogens is 250 g/mol. The highest BCUT2D eigenvalue weighted by Gasteiger charge is 2.16. The molecule has 2 aromatic rings. The van der Waals surface area contributed by atoms with Crippen LogP contribution in [0.2, 0.25) is 0 Å². The minimum absolute atomic E-state index is 0.316. The number of thiophene rings is 1. The first-order valence-corrected chi connectivity index (χ1v) is 7.88. The van der Waals surface area contributed by atoms with Gasteiger partial charge in [-0.2, -0.15) is 0 Å². The van der Waals surface area contributed by atoms with Gasteiger partial charge in [-0.1, -0.05) is 45.0 Å². The van der Waals surface area contributed by atoms with Crippen LogP contribution in [0.1, 0.15) is 54.3 Å². The number of hydrogen-bond acceptors (Lipinski definition) is 2. The standard InChI is InChI=1S/C17H23NS/c1-5-13-10-11-19-17(13)16(18-4)15-8-6-14(7-9-15)12(2)3/h6-12,16,18H,5H2,1-4H3. The number of aryl methyl sites for hydroxylation is 1. The second-order valence-electron chi connectivity index (χ2n) is 5.21. The lowest BCUT2D eigenvalue weighted by atomic mass is 9.97. The van der Waals surface area contributed by atoms with Crippen molar-refractivity contribution in [1.82, 2.24) is 5.32 Å². The smallest absolute Gasteiger partial charge is 0.0671 e. The Hall–Kier alpha value is -1.12. The lowest BCUT2D eigenvalue weighted by Crippen LogP contribution is -2.17. The topological polar surface area (TPSA) is 12.0 Å². The van der Waals surface area contributed by atoms with E-state index in [1.165, 1.54) is 21.6 Å². The van der Waals surface area contributed by atoms with E-state index >= 15 is 0 Å². The largest absolute Gasteiger partial charge is 0.309 e. The van der Waals surface area contributed by atoms with Crippen LogP contribution in [-0.2, 0) is 6.42 Å². The van der Waals surface area contributed by atoms with E-state index in [9.17, 15) is 0 Å². The van der Waals surface area contributed by atoms with E-state index in [0.717, 1.165) is 6.42 Å². The van der Waals surface area contributed by atoms with Crippen LogP contribution >= 0.6 is 11.3 Å². The van der Waals surface area contributed by atoms with Crippen molar-refractivity contribution in [3.05, 3.63) is 57.3 Å². The van der Waals surface area contributed by atoms with E-state index < -0.39 is 0 Å². The second-order valence-corrected chi connectivity index (χ2v) is 6.15. The molecule has 1 atom stereocenters. The molecule has 1 unspecified atom stereocenters. The van der Waals surface area contributed by atoms with Crippen molar-refractivity contribution >= 4 is 11.3 Å². The Balaban J connectivity index is 2.32. The summed E-state index contributed by atoms with van der Waals surface area (Å²) in [6.07, 6.45) is 1.10. The van der Waals surface area contributed by atoms with Crippen LogP contribution in [0.4, 0.5) is 0 Å². The van der Waals surface area contributed by atoms with Gasteiger partial charge in [0.25, 0.3) is 0 Å². The molecule has 0 amide bonds. The van der Waals surface area contributed by atoms with Gasteiger partial charge in [0.2, 0.25) is 0 Å². The number of hydrogen-bond donors (Lipinski definition) is 1. The zero-order valence-corrected chi connectivity index (χ0v) is 13.1. The second kappa shape index (κ2) is 6.36. The molecule has 0 aliphatic heterocycles. The van der Waals surface area contributed by atoms with Crippen molar-refractivity contribution in [1.29, 1.82) is 0 Å². The third-order valence-corrected chi connectivity index (χ3v) is 4.67. The predicted molar refractivity (Wildman–Crippen MR) is 85.1 cm³/mol. The SMILES string of the molecule is CCc1ccsc1C(NC)c1ccc(C(C)C)cc1. The molecule has 0 fully saturated rings. The minimum atomic E-state index is 0.316. The Labute approximate surface area is 120 Å². The van der Waals surface area contributed by atoms with Gasteiger partial charge in [0.1, 0.15) is 0 Å². The van der Waals surface area contributed by atoms with Gasteiger partial charge in [-0.15, -0.1) is 11.3 Å². The molecule has 19 heavy (non-hydrogen) atoms. The molecule has 1 heterocycles. The average Bonchev–Trinajstić information content (AvgIpc) is 2.88. The summed E-state index contributed by atoms with van der Waals surface area (Å²) < 4.78 is 0. The number of benzene rings is 1. The van der Waals surface area contributed by atoms with Gasteiger partial charge in [0.15, 0.2) is 0 Å². The molecule has 1 aromatic carbocycles. The zero-order chi connectivity index (χ0) is 13.8. The first kappa shape index (κ1) is 14.3. The first-order valence-electron chi connectivity index (χ1n) is 7.00. The lowest BCUT2D eigenvalue weighted by molar-refractivity contribution is 0.696. The van der Waals surface area contributed by atoms with E-state index in [4.69, 9.17) is 0 Å². The van der Waals surface area contributed by atoms with Crippen molar-refractivity contribution < 1.29 is 0 Å². The molecule has 0 aliphatic carbocycles. The summed E-state index contributed by atoms with van der Waals surface area (Å²) in [5.41, 5.74) is 4.21. The molecule has 0 saturated heterocycles. The summed E-state index contributed by atoms with van der Waals surface area (Å²) in [4.78, 5) is 1.45. The Morgan fingerprint density at radius 3 is 2.21 bits per heavy atom. The van der Waals surface area contributed by atoms with Crippen LogP contribution < -0.4 is 5.32 Å². The van der Waals surface area contributed by atoms with E-state index in [-0.39, 0.29) is 0 Å². The maximum atomic E-state index is 3.45. The average molecular weight is 273 g/mol. The fraction of sp³-hybridized carbons (Fsp3) is 0.412. The Morgan fingerprint density at radius 1 is 1.05 bits per heavy atom. The Kier molecular flexibility index (Phi) is 4.78. The quantitative estimate of drug-likeness (QED) is 0.829. The van der Waals surface area contributed by atoms with E-state index in [0.29, 0.717) is 12.0 Å². The van der Waals surface area contributed by atoms with Gasteiger partial charge >= 0.3 is 0 Å². The van der Waals surface area contributed by atoms with Crippen molar-refractivity contribution in [2.24, 2.45) is 0 Å². The van der Waals surface area contributed by atoms with Crippen LogP contribution in [0.3, 0.4) is 0 Å². The Morgan fingerprint density at radius 2 is 1.68 bits per heavy atom. The van der Waals surface area contributed by atoms with Crippen molar-refractivity contribution in [2.75, 3.05) is 7.05 Å². The molecule has 0 bridgehead atoms. The molecule has 1 aromatic heterocycles. The highest BCUT2D eigenvalue weighted by atomic mass is 32.1. The van der Waals surface area contributed by atoms with Gasteiger partial charge in [-0.3, -0.25) is 0 Å². The fourth-order valence-corrected chi connectivity index (χ4v) is 3.55. The molecule has 1 nitrogen and oxygen atoms in total. The van der Waals surface area contributed by atoms with Crippen LogP contribution in [0.15, 0.2) is 35.7 Å². The fourth-order valence-electron chi connectivity index (χ4n) is 2.42. The third kappa shape index (κ3) is 3.07. The molecule has 0 aliphatic rings. The highest BCUT2D eigenvalue weighted by Crippen LogP contribution is 2.30. The van der Waals surface area contributed by atoms with E-state index in [1.54, 1.807) is 0 Å². The molecule has 2 rings (SSSR count). The molecule has 0 spiro atoms. The van der Waals surface area contributed by atoms with Gasteiger partial charge < -0.3 is 5.32 Å². The van der Waals surface area contributed by atoms with Crippen LogP contribution in [-0.4, -0.2) is 7.05 Å². The van der Waals surface area contributed by atoms with E-state index in [1.807, 2.05) is 18.4 Å². The van der Waals surface area contributed by atoms with Crippen molar-refractivity contribution in [3.8, 4) is 0 Å². The third-order valence-electron chi connectivity index (χ3n) is 3.65. The summed E-state index contributed by atoms with van der Waals surface area (Å²) in [5.74, 6) is 0.593. The minimum Gasteiger partial charge on any atom is -0.309 e. The number of rotatable bonds is 5. The van der Waals surface area contributed by atoms with Crippen LogP contribution in [0.25, 0.3) is 0 Å². The molecule has 102 valence electrons. The van der Waals surface area contributed by atoms with Crippen LogP contribution in [0.5, 0.6) is 0 Å². The maximum absolute atomic E-state index is 3.45. The first-order chi connectivity index (χ1) is 9.17. The molecular formula is C17H23NS. The Bertz CT molecular complexity index is 510. The van der Waals surface area contributed by atoms with Gasteiger partial charge in [-0.25, -0.2) is 0 Å². The van der Waals surface area contributed by atoms with E-state index in [2.05, 4.69) is 61.8 Å². The summed E-state index contributed by atoms with van der Waals surface area (Å²) in [5, 5.41) is 5.65. The maximum Gasteiger partial charge on any atom is 0.0671 e. The molecule has 0 radical (unpaired) electrons. The molecule has 2 heteroatoms. The zero-order valence-electron chi connectivity index (χ0n) is 12.2. The highest BCUT2D eigenvalue weighted by molar-refractivity contribution is 7.10. The summed E-state index contributed by atoms with van der Waals surface area (Å²) >= 11 is 1.85. The lowest BCUT2D eigenvalue weighted by Gasteiger charge is -2.18. The predicted octanol–water partition coefficient (Wildman–Crippen LogP) is 4.74. The van der Waals surface area contributed by atoms with Crippen molar-refractivity contribution in [3.63, 3.8) is 0 Å². The van der Waals surface area contributed by atoms with Gasteiger partial charge in [-0.05, 0) is 47.5 Å². The van der Waals surface area contributed by atoms with Gasteiger partial charge in [0, 0.05) is 4.88 Å². The molecule has 1 N–H and O–H groups in total. The summed E-state index contributed by atoms with van der Waals surface area (Å²) in [6.45, 7) is 6.69. The normalized spacial score (nSPS) is 12.9. The number of nitrogens with one attached hydrogen (secondary N) is 1. The van der Waals surface area contributed by atoms with Crippen LogP contribution in [0, 0.1) is 0 Å². The summed E-state index contributed by atoms with van der Waals surface area (Å²) in [6, 6.07) is 11.6. The van der Waals surface area contributed by atoms with Crippen molar-refractivity contribution in [2.45, 2.75) is 39.2 Å². The monoisotopic (exact) mass is 273 g/mol.